The molecule has 0 aliphatic carbocycles. The smallest absolute Gasteiger partial charge is 0.433 e. The molecular weight excluding hydrogens is 272 g/mol. The van der Waals surface area contributed by atoms with Gasteiger partial charge in [0, 0.05) is 11.8 Å². The molecule has 2 aromatic rings. The molecule has 6 nitrogen and oxygen atoms in total. The van der Waals surface area contributed by atoms with Gasteiger partial charge in [0.1, 0.15) is 16.4 Å². The summed E-state index contributed by atoms with van der Waals surface area (Å²) in [5, 5.41) is 13.7. The number of furan rings is 1. The molecule has 0 saturated heterocycles. The lowest BCUT2D eigenvalue weighted by atomic mass is 10.2. The largest absolute Gasteiger partial charge is 0.493 e. The Hall–Kier alpha value is -2.50. The predicted molar refractivity (Wildman–Crippen MR) is 79.5 cm³/mol. The maximum Gasteiger partial charge on any atom is 0.433 e. The molecule has 2 rings (SSSR count). The second kappa shape index (κ2) is 6.78. The number of nitro groups is 1. The van der Waals surface area contributed by atoms with E-state index in [1.54, 1.807) is 6.07 Å². The van der Waals surface area contributed by atoms with Gasteiger partial charge < -0.3 is 14.5 Å². The van der Waals surface area contributed by atoms with E-state index in [9.17, 15) is 10.1 Å². The highest BCUT2D eigenvalue weighted by molar-refractivity contribution is 5.48. The minimum absolute atomic E-state index is 0.249. The van der Waals surface area contributed by atoms with Gasteiger partial charge in [-0.25, -0.2) is 0 Å². The van der Waals surface area contributed by atoms with Crippen molar-refractivity contribution < 1.29 is 14.1 Å². The Morgan fingerprint density at radius 3 is 2.81 bits per heavy atom. The van der Waals surface area contributed by atoms with E-state index in [1.807, 2.05) is 24.3 Å². The van der Waals surface area contributed by atoms with Gasteiger partial charge in [-0.05, 0) is 24.1 Å². The zero-order valence-corrected chi connectivity index (χ0v) is 12.0. The molecule has 112 valence electrons. The van der Waals surface area contributed by atoms with E-state index in [0.29, 0.717) is 24.8 Å². The van der Waals surface area contributed by atoms with Crippen LogP contribution in [0.25, 0.3) is 0 Å². The fourth-order valence-electron chi connectivity index (χ4n) is 1.71. The first-order chi connectivity index (χ1) is 10.0. The molecule has 0 aliphatic heterocycles. The average molecular weight is 290 g/mol. The van der Waals surface area contributed by atoms with Crippen molar-refractivity contribution in [2.45, 2.75) is 20.4 Å². The summed E-state index contributed by atoms with van der Waals surface area (Å²) in [6.45, 7) is 5.22. The van der Waals surface area contributed by atoms with Crippen molar-refractivity contribution in [2.75, 3.05) is 11.9 Å². The lowest BCUT2D eigenvalue weighted by molar-refractivity contribution is -0.402. The van der Waals surface area contributed by atoms with Crippen molar-refractivity contribution in [3.63, 3.8) is 0 Å². The molecule has 6 heteroatoms. The van der Waals surface area contributed by atoms with E-state index in [-0.39, 0.29) is 5.88 Å². The summed E-state index contributed by atoms with van der Waals surface area (Å²) >= 11 is 0. The maximum atomic E-state index is 10.5. The Morgan fingerprint density at radius 1 is 1.33 bits per heavy atom. The standard InChI is InChI=1S/C15H18N2O4/c1-11(2)10-20-13-5-3-4-12(8-13)16-9-14-6-7-15(21-14)17(18)19/h3-8,11,16H,9-10H2,1-2H3. The summed E-state index contributed by atoms with van der Waals surface area (Å²) in [4.78, 5) is 9.98. The number of ether oxygens (including phenoxy) is 1. The molecule has 0 saturated carbocycles. The number of hydrogen-bond acceptors (Lipinski definition) is 5. The third-order valence-corrected chi connectivity index (χ3v) is 2.71. The van der Waals surface area contributed by atoms with Crippen molar-refractivity contribution >= 4 is 11.6 Å². The Kier molecular flexibility index (Phi) is 4.81. The quantitative estimate of drug-likeness (QED) is 0.619. The minimum Gasteiger partial charge on any atom is -0.493 e. The van der Waals surface area contributed by atoms with Crippen LogP contribution in [0.15, 0.2) is 40.8 Å². The van der Waals surface area contributed by atoms with Gasteiger partial charge in [0.25, 0.3) is 0 Å². The predicted octanol–water partition coefficient (Wildman–Crippen LogP) is 3.83. The highest BCUT2D eigenvalue weighted by Gasteiger charge is 2.11. The SMILES string of the molecule is CC(C)COc1cccc(NCc2ccc([N+](=O)[O-])o2)c1. The molecule has 0 spiro atoms. The summed E-state index contributed by atoms with van der Waals surface area (Å²) in [7, 11) is 0. The lowest BCUT2D eigenvalue weighted by Gasteiger charge is -2.10. The van der Waals surface area contributed by atoms with Crippen LogP contribution in [0.1, 0.15) is 19.6 Å². The first-order valence-electron chi connectivity index (χ1n) is 6.74. The summed E-state index contributed by atoms with van der Waals surface area (Å²) in [6, 6.07) is 10.5. The van der Waals surface area contributed by atoms with Crippen LogP contribution in [0.3, 0.4) is 0 Å². The van der Waals surface area contributed by atoms with Gasteiger partial charge in [-0.15, -0.1) is 0 Å². The Balaban J connectivity index is 1.93. The zero-order valence-electron chi connectivity index (χ0n) is 12.0. The molecule has 0 aliphatic rings. The first-order valence-corrected chi connectivity index (χ1v) is 6.74. The molecule has 1 heterocycles. The van der Waals surface area contributed by atoms with E-state index >= 15 is 0 Å². The highest BCUT2D eigenvalue weighted by atomic mass is 16.6. The van der Waals surface area contributed by atoms with Gasteiger partial charge in [0.05, 0.1) is 19.2 Å². The molecule has 1 aromatic heterocycles. The molecule has 21 heavy (non-hydrogen) atoms. The van der Waals surface area contributed by atoms with Crippen LogP contribution in [0, 0.1) is 16.0 Å². The summed E-state index contributed by atoms with van der Waals surface area (Å²) in [6.07, 6.45) is 0. The summed E-state index contributed by atoms with van der Waals surface area (Å²) in [5.74, 6) is 1.51. The van der Waals surface area contributed by atoms with Gasteiger partial charge in [0.15, 0.2) is 0 Å². The van der Waals surface area contributed by atoms with Crippen molar-refractivity contribution in [1.29, 1.82) is 0 Å². The van der Waals surface area contributed by atoms with Crippen LogP contribution in [0.2, 0.25) is 0 Å². The number of nitrogens with one attached hydrogen (secondary N) is 1. The van der Waals surface area contributed by atoms with Gasteiger partial charge >= 0.3 is 5.88 Å². The third kappa shape index (κ3) is 4.52. The Labute approximate surface area is 122 Å². The zero-order chi connectivity index (χ0) is 15.2. The van der Waals surface area contributed by atoms with Crippen LogP contribution in [-0.4, -0.2) is 11.5 Å². The summed E-state index contributed by atoms with van der Waals surface area (Å²) in [5.41, 5.74) is 0.871. The van der Waals surface area contributed by atoms with Crippen LogP contribution in [0.4, 0.5) is 11.6 Å². The van der Waals surface area contributed by atoms with E-state index in [4.69, 9.17) is 9.15 Å². The maximum absolute atomic E-state index is 10.5. The van der Waals surface area contributed by atoms with Gasteiger partial charge in [-0.1, -0.05) is 19.9 Å². The number of nitrogens with zero attached hydrogens (tertiary/aromatic N) is 1. The number of rotatable bonds is 7. The highest BCUT2D eigenvalue weighted by Crippen LogP contribution is 2.20. The van der Waals surface area contributed by atoms with E-state index in [0.717, 1.165) is 11.4 Å². The third-order valence-electron chi connectivity index (χ3n) is 2.71. The average Bonchev–Trinajstić information content (AvgIpc) is 2.92. The molecule has 0 atom stereocenters. The molecular formula is C15H18N2O4. The molecule has 1 aromatic carbocycles. The number of anilines is 1. The van der Waals surface area contributed by atoms with Crippen molar-refractivity contribution in [2.24, 2.45) is 5.92 Å². The van der Waals surface area contributed by atoms with Crippen LogP contribution >= 0.6 is 0 Å². The lowest BCUT2D eigenvalue weighted by Crippen LogP contribution is -2.05. The van der Waals surface area contributed by atoms with Gasteiger partial charge in [0.2, 0.25) is 0 Å². The molecule has 1 N–H and O–H groups in total. The Bertz CT molecular complexity index is 607. The van der Waals surface area contributed by atoms with Crippen LogP contribution < -0.4 is 10.1 Å². The van der Waals surface area contributed by atoms with Crippen molar-refractivity contribution in [3.8, 4) is 5.75 Å². The molecule has 0 unspecified atom stereocenters. The fourth-order valence-corrected chi connectivity index (χ4v) is 1.71. The van der Waals surface area contributed by atoms with Crippen molar-refractivity contribution in [1.82, 2.24) is 0 Å². The summed E-state index contributed by atoms with van der Waals surface area (Å²) < 4.78 is 10.7. The van der Waals surface area contributed by atoms with Crippen molar-refractivity contribution in [3.05, 3.63) is 52.3 Å². The van der Waals surface area contributed by atoms with Gasteiger partial charge in [-0.2, -0.15) is 0 Å². The first kappa shape index (κ1) is 14.9. The number of hydrogen-bond donors (Lipinski definition) is 1. The molecule has 0 amide bonds. The second-order valence-corrected chi connectivity index (χ2v) is 5.08. The monoisotopic (exact) mass is 290 g/mol. The van der Waals surface area contributed by atoms with Crippen LogP contribution in [0.5, 0.6) is 5.75 Å². The molecule has 0 radical (unpaired) electrons. The van der Waals surface area contributed by atoms with E-state index in [1.165, 1.54) is 6.07 Å². The van der Waals surface area contributed by atoms with E-state index < -0.39 is 4.92 Å². The topological polar surface area (TPSA) is 77.5 Å². The number of benzene rings is 1. The van der Waals surface area contributed by atoms with E-state index in [2.05, 4.69) is 19.2 Å². The second-order valence-electron chi connectivity index (χ2n) is 5.08. The van der Waals surface area contributed by atoms with Crippen LogP contribution in [-0.2, 0) is 6.54 Å². The molecule has 0 fully saturated rings. The fraction of sp³-hybridized carbons (Fsp3) is 0.333. The minimum atomic E-state index is -0.552. The Morgan fingerprint density at radius 2 is 2.14 bits per heavy atom. The normalized spacial score (nSPS) is 10.6. The van der Waals surface area contributed by atoms with Gasteiger partial charge in [-0.3, -0.25) is 10.1 Å². The molecule has 0 bridgehead atoms.